The lowest BCUT2D eigenvalue weighted by molar-refractivity contribution is 0.470. The molecule has 0 saturated carbocycles. The van der Waals surface area contributed by atoms with E-state index in [0.717, 1.165) is 4.88 Å². The number of nitrogens with one attached hydrogen (secondary N) is 1. The van der Waals surface area contributed by atoms with E-state index in [1.54, 1.807) is 44.4 Å². The van der Waals surface area contributed by atoms with Crippen LogP contribution in [0, 0.1) is 0 Å². The smallest absolute Gasteiger partial charge is 0.245 e. The fourth-order valence-electron chi connectivity index (χ4n) is 1.81. The molecule has 1 aromatic heterocycles. The zero-order chi connectivity index (χ0) is 14.8. The quantitative estimate of drug-likeness (QED) is 0.915. The Morgan fingerprint density at radius 3 is 2.55 bits per heavy atom. The molecule has 0 bridgehead atoms. The molecule has 0 unspecified atom stereocenters. The Morgan fingerprint density at radius 1 is 1.25 bits per heavy atom. The van der Waals surface area contributed by atoms with E-state index in [9.17, 15) is 8.42 Å². The number of anilines is 1. The van der Waals surface area contributed by atoms with Crippen molar-refractivity contribution in [3.8, 4) is 0 Å². The Bertz CT molecular complexity index is 698. The van der Waals surface area contributed by atoms with Crippen molar-refractivity contribution in [2.75, 3.05) is 19.4 Å². The molecular weight excluding hydrogens is 316 g/mol. The van der Waals surface area contributed by atoms with Gasteiger partial charge in [0, 0.05) is 25.5 Å². The molecule has 2 rings (SSSR count). The van der Waals surface area contributed by atoms with Crippen molar-refractivity contribution in [3.63, 3.8) is 0 Å². The summed E-state index contributed by atoms with van der Waals surface area (Å²) in [6.45, 7) is 0.303. The number of hydrogen-bond donors (Lipinski definition) is 1. The molecule has 0 atom stereocenters. The summed E-state index contributed by atoms with van der Waals surface area (Å²) in [4.78, 5) is 1.18. The van der Waals surface area contributed by atoms with Crippen molar-refractivity contribution < 1.29 is 8.42 Å². The lowest BCUT2D eigenvalue weighted by atomic mass is 10.3. The monoisotopic (exact) mass is 330 g/mol. The molecule has 1 aromatic carbocycles. The highest BCUT2D eigenvalue weighted by molar-refractivity contribution is 7.89. The van der Waals surface area contributed by atoms with Gasteiger partial charge in [0.25, 0.3) is 0 Å². The van der Waals surface area contributed by atoms with Crippen molar-refractivity contribution in [1.82, 2.24) is 4.31 Å². The fraction of sp³-hybridized carbons (Fsp3) is 0.231. The predicted octanol–water partition coefficient (Wildman–Crippen LogP) is 3.26. The zero-order valence-electron chi connectivity index (χ0n) is 11.1. The third-order valence-corrected chi connectivity index (χ3v) is 5.93. The van der Waals surface area contributed by atoms with Crippen molar-refractivity contribution in [2.45, 2.75) is 11.4 Å². The average molecular weight is 331 g/mol. The second-order valence-electron chi connectivity index (χ2n) is 4.21. The highest BCUT2D eigenvalue weighted by atomic mass is 35.5. The van der Waals surface area contributed by atoms with Crippen LogP contribution in [0.4, 0.5) is 5.69 Å². The van der Waals surface area contributed by atoms with Crippen LogP contribution in [0.1, 0.15) is 4.88 Å². The maximum atomic E-state index is 12.6. The molecule has 4 nitrogen and oxygen atoms in total. The molecule has 1 N–H and O–H groups in total. The second kappa shape index (κ2) is 6.13. The normalized spacial score (nSPS) is 11.8. The fourth-order valence-corrected chi connectivity index (χ4v) is 4.37. The summed E-state index contributed by atoms with van der Waals surface area (Å²) in [6, 6.07) is 10.4. The van der Waals surface area contributed by atoms with Gasteiger partial charge in [-0.25, -0.2) is 8.42 Å². The SMILES string of the molecule is CNc1ccccc1S(=O)(=O)N(C)Cc1ccc(Cl)s1. The summed E-state index contributed by atoms with van der Waals surface area (Å²) >= 11 is 7.24. The van der Waals surface area contributed by atoms with Gasteiger partial charge in [-0.05, 0) is 24.3 Å². The van der Waals surface area contributed by atoms with Crippen LogP contribution in [-0.2, 0) is 16.6 Å². The third-order valence-electron chi connectivity index (χ3n) is 2.85. The molecule has 0 amide bonds. The summed E-state index contributed by atoms with van der Waals surface area (Å²) in [5, 5.41) is 2.90. The molecule has 0 radical (unpaired) electrons. The maximum Gasteiger partial charge on any atom is 0.245 e. The van der Waals surface area contributed by atoms with Gasteiger partial charge in [0.1, 0.15) is 4.90 Å². The van der Waals surface area contributed by atoms with E-state index in [-0.39, 0.29) is 4.90 Å². The van der Waals surface area contributed by atoms with E-state index in [4.69, 9.17) is 11.6 Å². The standard InChI is InChI=1S/C13H15ClN2O2S2/c1-15-11-5-3-4-6-12(11)20(17,18)16(2)9-10-7-8-13(14)19-10/h3-8,15H,9H2,1-2H3. The molecule has 0 aliphatic carbocycles. The Morgan fingerprint density at radius 2 is 1.95 bits per heavy atom. The third kappa shape index (κ3) is 3.15. The predicted molar refractivity (Wildman–Crippen MR) is 84.0 cm³/mol. The van der Waals surface area contributed by atoms with Crippen LogP contribution < -0.4 is 5.32 Å². The van der Waals surface area contributed by atoms with E-state index in [1.807, 2.05) is 6.07 Å². The van der Waals surface area contributed by atoms with Gasteiger partial charge in [-0.2, -0.15) is 4.31 Å². The second-order valence-corrected chi connectivity index (χ2v) is 8.03. The number of hydrogen-bond acceptors (Lipinski definition) is 4. The van der Waals surface area contributed by atoms with Crippen molar-refractivity contribution in [3.05, 3.63) is 45.6 Å². The number of nitrogens with zero attached hydrogens (tertiary/aromatic N) is 1. The van der Waals surface area contributed by atoms with Crippen LogP contribution in [-0.4, -0.2) is 26.8 Å². The highest BCUT2D eigenvalue weighted by Crippen LogP contribution is 2.27. The number of benzene rings is 1. The molecule has 0 fully saturated rings. The molecule has 0 spiro atoms. The van der Waals surface area contributed by atoms with E-state index in [0.29, 0.717) is 16.6 Å². The van der Waals surface area contributed by atoms with Gasteiger partial charge < -0.3 is 5.32 Å². The maximum absolute atomic E-state index is 12.6. The lowest BCUT2D eigenvalue weighted by Gasteiger charge is -2.18. The van der Waals surface area contributed by atoms with Crippen molar-refractivity contribution >= 4 is 38.6 Å². The summed E-state index contributed by atoms with van der Waals surface area (Å²) < 4.78 is 27.1. The van der Waals surface area contributed by atoms with Gasteiger partial charge in [-0.15, -0.1) is 11.3 Å². The van der Waals surface area contributed by atoms with Crippen LogP contribution in [0.5, 0.6) is 0 Å². The molecule has 108 valence electrons. The first-order valence-electron chi connectivity index (χ1n) is 5.92. The summed E-state index contributed by atoms with van der Waals surface area (Å²) in [5.74, 6) is 0. The van der Waals surface area contributed by atoms with Gasteiger partial charge >= 0.3 is 0 Å². The molecule has 20 heavy (non-hydrogen) atoms. The molecule has 1 heterocycles. The first-order chi connectivity index (χ1) is 9.45. The van der Waals surface area contributed by atoms with E-state index in [2.05, 4.69) is 5.32 Å². The molecule has 0 aliphatic rings. The van der Waals surface area contributed by atoms with Crippen molar-refractivity contribution in [1.29, 1.82) is 0 Å². The molecule has 7 heteroatoms. The summed E-state index contributed by atoms with van der Waals surface area (Å²) in [6.07, 6.45) is 0. The minimum absolute atomic E-state index is 0.271. The summed E-state index contributed by atoms with van der Waals surface area (Å²) in [5.41, 5.74) is 0.587. The van der Waals surface area contributed by atoms with Crippen LogP contribution in [0.15, 0.2) is 41.3 Å². The Labute approximate surface area is 128 Å². The average Bonchev–Trinajstić information content (AvgIpc) is 2.84. The van der Waals surface area contributed by atoms with Crippen LogP contribution in [0.25, 0.3) is 0 Å². The number of rotatable bonds is 5. The van der Waals surface area contributed by atoms with Gasteiger partial charge in [0.15, 0.2) is 0 Å². The van der Waals surface area contributed by atoms with Crippen molar-refractivity contribution in [2.24, 2.45) is 0 Å². The number of sulfonamides is 1. The number of thiophene rings is 1. The van der Waals surface area contributed by atoms with E-state index < -0.39 is 10.0 Å². The first-order valence-corrected chi connectivity index (χ1v) is 8.56. The largest absolute Gasteiger partial charge is 0.387 e. The lowest BCUT2D eigenvalue weighted by Crippen LogP contribution is -2.26. The van der Waals surface area contributed by atoms with Gasteiger partial charge in [0.2, 0.25) is 10.0 Å². The number of para-hydroxylation sites is 1. The van der Waals surface area contributed by atoms with Crippen LogP contribution >= 0.6 is 22.9 Å². The summed E-state index contributed by atoms with van der Waals surface area (Å²) in [7, 11) is -0.270. The van der Waals surface area contributed by atoms with E-state index in [1.165, 1.54) is 15.6 Å². The minimum Gasteiger partial charge on any atom is -0.387 e. The molecular formula is C13H15ClN2O2S2. The van der Waals surface area contributed by atoms with Crippen LogP contribution in [0.2, 0.25) is 4.34 Å². The first kappa shape index (κ1) is 15.3. The van der Waals surface area contributed by atoms with Crippen LogP contribution in [0.3, 0.4) is 0 Å². The Kier molecular flexibility index (Phi) is 4.70. The van der Waals surface area contributed by atoms with Gasteiger partial charge in [0.05, 0.1) is 10.0 Å². The molecule has 2 aromatic rings. The number of halogens is 1. The van der Waals surface area contributed by atoms with Gasteiger partial charge in [-0.3, -0.25) is 0 Å². The zero-order valence-corrected chi connectivity index (χ0v) is 13.5. The Balaban J connectivity index is 2.29. The molecule has 0 aliphatic heterocycles. The van der Waals surface area contributed by atoms with Gasteiger partial charge in [-0.1, -0.05) is 23.7 Å². The van der Waals surface area contributed by atoms with E-state index >= 15 is 0 Å². The highest BCUT2D eigenvalue weighted by Gasteiger charge is 2.23. The minimum atomic E-state index is -3.54. The topological polar surface area (TPSA) is 49.4 Å². The Hall–Kier alpha value is -1.08. The molecule has 0 saturated heterocycles.